The van der Waals surface area contributed by atoms with Crippen LogP contribution in [0.25, 0.3) is 0 Å². The molecule has 2 aromatic carbocycles. The molecular formula is C18H19NO4. The molecule has 0 saturated heterocycles. The third kappa shape index (κ3) is 3.23. The maximum absolute atomic E-state index is 12.2. The summed E-state index contributed by atoms with van der Waals surface area (Å²) in [4.78, 5) is 12.2. The molecule has 1 heterocycles. The van der Waals surface area contributed by atoms with Crippen LogP contribution in [-0.4, -0.2) is 25.9 Å². The van der Waals surface area contributed by atoms with Crippen molar-refractivity contribution in [3.05, 3.63) is 53.1 Å². The molecule has 0 radical (unpaired) electrons. The van der Waals surface area contributed by atoms with E-state index in [1.54, 1.807) is 18.2 Å². The second-order valence-corrected chi connectivity index (χ2v) is 5.36. The minimum atomic E-state index is -0.197. The third-order valence-electron chi connectivity index (χ3n) is 3.68. The van der Waals surface area contributed by atoms with Gasteiger partial charge in [-0.3, -0.25) is 4.79 Å². The number of fused-ring (bicyclic) bond motifs is 1. The topological polar surface area (TPSA) is 56.8 Å². The van der Waals surface area contributed by atoms with Crippen molar-refractivity contribution in [2.24, 2.45) is 0 Å². The van der Waals surface area contributed by atoms with Crippen molar-refractivity contribution in [1.82, 2.24) is 5.32 Å². The number of nitrogens with one attached hydrogen (secondary N) is 1. The monoisotopic (exact) mass is 313 g/mol. The summed E-state index contributed by atoms with van der Waals surface area (Å²) < 4.78 is 16.4. The first kappa shape index (κ1) is 15.2. The van der Waals surface area contributed by atoms with Gasteiger partial charge in [-0.2, -0.15) is 0 Å². The molecule has 1 aliphatic heterocycles. The van der Waals surface area contributed by atoms with Crippen LogP contribution in [0, 0.1) is 13.8 Å². The van der Waals surface area contributed by atoms with Crippen LogP contribution in [0.15, 0.2) is 36.4 Å². The van der Waals surface area contributed by atoms with Gasteiger partial charge in [-0.25, -0.2) is 0 Å². The third-order valence-corrected chi connectivity index (χ3v) is 3.68. The molecule has 0 spiro atoms. The Morgan fingerprint density at radius 1 is 1.13 bits per heavy atom. The number of rotatable bonds is 5. The number of para-hydroxylation sites is 2. The molecule has 23 heavy (non-hydrogen) atoms. The second kappa shape index (κ2) is 6.60. The zero-order valence-electron chi connectivity index (χ0n) is 13.2. The minimum Gasteiger partial charge on any atom is -0.491 e. The molecule has 0 aliphatic carbocycles. The molecule has 5 nitrogen and oxygen atoms in total. The van der Waals surface area contributed by atoms with Crippen molar-refractivity contribution in [1.29, 1.82) is 0 Å². The van der Waals surface area contributed by atoms with Gasteiger partial charge in [0.2, 0.25) is 6.79 Å². The zero-order chi connectivity index (χ0) is 16.2. The molecule has 5 heteroatoms. The van der Waals surface area contributed by atoms with Gasteiger partial charge in [0.05, 0.1) is 12.1 Å². The van der Waals surface area contributed by atoms with Gasteiger partial charge in [-0.1, -0.05) is 24.3 Å². The quantitative estimate of drug-likeness (QED) is 0.862. The Balaban J connectivity index is 1.55. The van der Waals surface area contributed by atoms with Crippen LogP contribution >= 0.6 is 0 Å². The predicted octanol–water partition coefficient (Wildman–Crippen LogP) is 2.84. The van der Waals surface area contributed by atoms with E-state index in [1.807, 2.05) is 32.0 Å². The normalized spacial score (nSPS) is 12.1. The Labute approximate surface area is 135 Å². The number of benzene rings is 2. The van der Waals surface area contributed by atoms with Gasteiger partial charge < -0.3 is 19.5 Å². The van der Waals surface area contributed by atoms with Crippen molar-refractivity contribution in [3.63, 3.8) is 0 Å². The van der Waals surface area contributed by atoms with Crippen LogP contribution in [0.1, 0.15) is 21.5 Å². The number of aryl methyl sites for hydroxylation is 2. The van der Waals surface area contributed by atoms with Crippen LogP contribution in [0.2, 0.25) is 0 Å². The number of carbonyl (C=O) groups is 1. The first-order valence-corrected chi connectivity index (χ1v) is 7.52. The molecule has 0 aromatic heterocycles. The smallest absolute Gasteiger partial charge is 0.255 e. The van der Waals surface area contributed by atoms with E-state index in [2.05, 4.69) is 5.32 Å². The first-order chi connectivity index (χ1) is 11.2. The fourth-order valence-corrected chi connectivity index (χ4v) is 2.55. The first-order valence-electron chi connectivity index (χ1n) is 7.52. The number of amides is 1. The summed E-state index contributed by atoms with van der Waals surface area (Å²) in [7, 11) is 0. The molecule has 3 rings (SSSR count). The highest BCUT2D eigenvalue weighted by Crippen LogP contribution is 2.35. The van der Waals surface area contributed by atoms with Crippen LogP contribution in [0.3, 0.4) is 0 Å². The predicted molar refractivity (Wildman–Crippen MR) is 86.3 cm³/mol. The molecule has 120 valence electrons. The average molecular weight is 313 g/mol. The summed E-state index contributed by atoms with van der Waals surface area (Å²) in [5.74, 6) is 1.78. The van der Waals surface area contributed by atoms with E-state index >= 15 is 0 Å². The molecule has 0 unspecified atom stereocenters. The lowest BCUT2D eigenvalue weighted by molar-refractivity contribution is 0.0942. The minimum absolute atomic E-state index is 0.148. The lowest BCUT2D eigenvalue weighted by Crippen LogP contribution is -2.28. The lowest BCUT2D eigenvalue weighted by Gasteiger charge is -2.12. The van der Waals surface area contributed by atoms with Crippen LogP contribution in [0.4, 0.5) is 0 Å². The van der Waals surface area contributed by atoms with Gasteiger partial charge >= 0.3 is 0 Å². The molecular weight excluding hydrogens is 294 g/mol. The Kier molecular flexibility index (Phi) is 4.37. The van der Waals surface area contributed by atoms with E-state index in [1.165, 1.54) is 0 Å². The SMILES string of the molecule is Cc1cccc(C)c1OCCNC(=O)c1cccc2c1OCO2. The van der Waals surface area contributed by atoms with Crippen molar-refractivity contribution in [3.8, 4) is 17.2 Å². The molecule has 0 saturated carbocycles. The Morgan fingerprint density at radius 3 is 2.65 bits per heavy atom. The fraction of sp³-hybridized carbons (Fsp3) is 0.278. The van der Waals surface area contributed by atoms with Crippen molar-refractivity contribution in [2.45, 2.75) is 13.8 Å². The highest BCUT2D eigenvalue weighted by Gasteiger charge is 2.21. The number of carbonyl (C=O) groups excluding carboxylic acids is 1. The maximum atomic E-state index is 12.2. The van der Waals surface area contributed by atoms with E-state index in [0.29, 0.717) is 30.2 Å². The zero-order valence-corrected chi connectivity index (χ0v) is 13.2. The summed E-state index contributed by atoms with van der Waals surface area (Å²) >= 11 is 0. The summed E-state index contributed by atoms with van der Waals surface area (Å²) in [5.41, 5.74) is 2.65. The van der Waals surface area contributed by atoms with Crippen molar-refractivity contribution in [2.75, 3.05) is 19.9 Å². The molecule has 2 aromatic rings. The summed E-state index contributed by atoms with van der Waals surface area (Å²) in [5, 5.41) is 2.84. The Morgan fingerprint density at radius 2 is 1.87 bits per heavy atom. The average Bonchev–Trinajstić information content (AvgIpc) is 3.02. The van der Waals surface area contributed by atoms with Gasteiger partial charge in [0.25, 0.3) is 5.91 Å². The van der Waals surface area contributed by atoms with Crippen molar-refractivity contribution < 1.29 is 19.0 Å². The van der Waals surface area contributed by atoms with Crippen LogP contribution < -0.4 is 19.5 Å². The Hall–Kier alpha value is -2.69. The lowest BCUT2D eigenvalue weighted by atomic mass is 10.1. The Bertz CT molecular complexity index is 707. The summed E-state index contributed by atoms with van der Waals surface area (Å²) in [6.07, 6.45) is 0. The molecule has 0 bridgehead atoms. The van der Waals surface area contributed by atoms with Crippen molar-refractivity contribution >= 4 is 5.91 Å². The van der Waals surface area contributed by atoms with Gasteiger partial charge in [0.15, 0.2) is 11.5 Å². The summed E-state index contributed by atoms with van der Waals surface area (Å²) in [6.45, 7) is 4.98. The fourth-order valence-electron chi connectivity index (χ4n) is 2.55. The maximum Gasteiger partial charge on any atom is 0.255 e. The second-order valence-electron chi connectivity index (χ2n) is 5.36. The van der Waals surface area contributed by atoms with Gasteiger partial charge in [0.1, 0.15) is 12.4 Å². The summed E-state index contributed by atoms with van der Waals surface area (Å²) in [6, 6.07) is 11.3. The molecule has 1 amide bonds. The van der Waals surface area contributed by atoms with E-state index < -0.39 is 0 Å². The standard InChI is InChI=1S/C18H19NO4/c1-12-5-3-6-13(2)16(12)21-10-9-19-18(20)14-7-4-8-15-17(14)23-11-22-15/h3-8H,9-11H2,1-2H3,(H,19,20). The molecule has 1 N–H and O–H groups in total. The van der Waals surface area contributed by atoms with Crippen LogP contribution in [-0.2, 0) is 0 Å². The molecule has 0 atom stereocenters. The number of ether oxygens (including phenoxy) is 3. The highest BCUT2D eigenvalue weighted by molar-refractivity contribution is 5.97. The van der Waals surface area contributed by atoms with Crippen LogP contribution in [0.5, 0.6) is 17.2 Å². The van der Waals surface area contributed by atoms with Gasteiger partial charge in [-0.05, 0) is 37.1 Å². The largest absolute Gasteiger partial charge is 0.491 e. The molecule has 0 fully saturated rings. The van der Waals surface area contributed by atoms with Gasteiger partial charge in [-0.15, -0.1) is 0 Å². The highest BCUT2D eigenvalue weighted by atomic mass is 16.7. The van der Waals surface area contributed by atoms with E-state index in [4.69, 9.17) is 14.2 Å². The van der Waals surface area contributed by atoms with Gasteiger partial charge in [0, 0.05) is 0 Å². The number of hydrogen-bond acceptors (Lipinski definition) is 4. The van der Waals surface area contributed by atoms with E-state index in [0.717, 1.165) is 16.9 Å². The van der Waals surface area contributed by atoms with E-state index in [-0.39, 0.29) is 12.7 Å². The number of hydrogen-bond donors (Lipinski definition) is 1. The van der Waals surface area contributed by atoms with E-state index in [9.17, 15) is 4.79 Å². The molecule has 1 aliphatic rings.